The van der Waals surface area contributed by atoms with Gasteiger partial charge >= 0.3 is 0 Å². The maximum absolute atomic E-state index is 12.6. The molecule has 5 heteroatoms. The van der Waals surface area contributed by atoms with Gasteiger partial charge in [-0.1, -0.05) is 18.2 Å². The van der Waals surface area contributed by atoms with Crippen LogP contribution in [0.15, 0.2) is 67.1 Å². The zero-order valence-corrected chi connectivity index (χ0v) is 15.8. The Hall–Kier alpha value is -3.47. The molecule has 0 radical (unpaired) electrons. The Morgan fingerprint density at radius 3 is 2.75 bits per heavy atom. The van der Waals surface area contributed by atoms with Crippen LogP contribution in [0.3, 0.4) is 0 Å². The molecule has 0 saturated heterocycles. The number of pyridine rings is 2. The van der Waals surface area contributed by atoms with Gasteiger partial charge < -0.3 is 9.88 Å². The number of para-hydroxylation sites is 1. The Labute approximate surface area is 163 Å². The molecule has 1 N–H and O–H groups in total. The molecule has 0 fully saturated rings. The molecule has 28 heavy (non-hydrogen) atoms. The zero-order chi connectivity index (χ0) is 19.3. The summed E-state index contributed by atoms with van der Waals surface area (Å²) in [5, 5.41) is 2.27. The van der Waals surface area contributed by atoms with Crippen molar-refractivity contribution >= 4 is 33.8 Å². The Morgan fingerprint density at radius 2 is 1.93 bits per heavy atom. The molecule has 0 unspecified atom stereocenters. The number of carbonyl (C=O) groups is 1. The largest absolute Gasteiger partial charge is 0.353 e. The van der Waals surface area contributed by atoms with E-state index in [9.17, 15) is 4.79 Å². The second kappa shape index (κ2) is 8.05. The summed E-state index contributed by atoms with van der Waals surface area (Å²) in [5.41, 5.74) is 4.04. The third-order valence-electron chi connectivity index (χ3n) is 4.92. The Balaban J connectivity index is 1.49. The van der Waals surface area contributed by atoms with E-state index in [-0.39, 0.29) is 5.91 Å². The lowest BCUT2D eigenvalue weighted by Gasteiger charge is -2.19. The summed E-state index contributed by atoms with van der Waals surface area (Å²) in [7, 11) is 0. The van der Waals surface area contributed by atoms with Crippen LogP contribution in [0, 0.1) is 0 Å². The lowest BCUT2D eigenvalue weighted by molar-refractivity contribution is -0.125. The lowest BCUT2D eigenvalue weighted by Crippen LogP contribution is -2.31. The molecule has 1 amide bonds. The van der Waals surface area contributed by atoms with Gasteiger partial charge in [0, 0.05) is 47.8 Å². The van der Waals surface area contributed by atoms with Crippen molar-refractivity contribution in [2.75, 3.05) is 13.1 Å². The maximum Gasteiger partial charge on any atom is 0.246 e. The highest BCUT2D eigenvalue weighted by Crippen LogP contribution is 2.25. The molecule has 3 aromatic heterocycles. The molecule has 0 bridgehead atoms. The van der Waals surface area contributed by atoms with Crippen molar-refractivity contribution in [3.05, 3.63) is 78.4 Å². The summed E-state index contributed by atoms with van der Waals surface area (Å²) in [6.07, 6.45) is 9.59. The van der Waals surface area contributed by atoms with Gasteiger partial charge in [-0.25, -0.2) is 0 Å². The average molecular weight is 370 g/mol. The molecule has 4 aromatic rings. The van der Waals surface area contributed by atoms with Gasteiger partial charge in [0.1, 0.15) is 0 Å². The molecule has 0 aliphatic heterocycles. The predicted octanol–water partition coefficient (Wildman–Crippen LogP) is 4.22. The van der Waals surface area contributed by atoms with E-state index >= 15 is 0 Å². The summed E-state index contributed by atoms with van der Waals surface area (Å²) < 4.78 is 0. The van der Waals surface area contributed by atoms with E-state index in [0.717, 1.165) is 33.9 Å². The number of aromatic nitrogens is 3. The first kappa shape index (κ1) is 17.9. The van der Waals surface area contributed by atoms with Crippen molar-refractivity contribution in [3.63, 3.8) is 0 Å². The number of benzene rings is 1. The highest BCUT2D eigenvalue weighted by atomic mass is 16.2. The van der Waals surface area contributed by atoms with Crippen molar-refractivity contribution in [2.24, 2.45) is 0 Å². The molecule has 5 nitrogen and oxygen atoms in total. The SMILES string of the molecule is CCN(CCc1ccncc1)C(=O)/C=C/c1cc2c(cn1)[nH]c1ccccc12. The molecule has 4 rings (SSSR count). The first-order chi connectivity index (χ1) is 13.7. The topological polar surface area (TPSA) is 61.9 Å². The fourth-order valence-electron chi connectivity index (χ4n) is 3.36. The van der Waals surface area contributed by atoms with E-state index < -0.39 is 0 Å². The minimum absolute atomic E-state index is 0.00243. The molecule has 0 atom stereocenters. The smallest absolute Gasteiger partial charge is 0.246 e. The van der Waals surface area contributed by atoms with Crippen molar-refractivity contribution in [1.82, 2.24) is 19.9 Å². The standard InChI is InChI=1S/C23H22N4O/c1-2-27(14-11-17-9-12-24-13-10-17)23(28)8-7-18-15-20-19-5-3-4-6-21(19)26-22(20)16-25-18/h3-10,12-13,15-16,26H,2,11,14H2,1H3/b8-7+. The first-order valence-electron chi connectivity index (χ1n) is 9.47. The minimum atomic E-state index is -0.00243. The quantitative estimate of drug-likeness (QED) is 0.517. The van der Waals surface area contributed by atoms with Crippen LogP contribution < -0.4 is 0 Å². The lowest BCUT2D eigenvalue weighted by atomic mass is 10.1. The highest BCUT2D eigenvalue weighted by Gasteiger charge is 2.09. The van der Waals surface area contributed by atoms with Crippen LogP contribution in [0.25, 0.3) is 27.9 Å². The number of hydrogen-bond acceptors (Lipinski definition) is 3. The van der Waals surface area contributed by atoms with Crippen LogP contribution in [0.1, 0.15) is 18.2 Å². The van der Waals surface area contributed by atoms with Crippen LogP contribution in [0.2, 0.25) is 0 Å². The molecule has 140 valence electrons. The number of likely N-dealkylation sites (N-methyl/N-ethyl adjacent to an activating group) is 1. The second-order valence-electron chi connectivity index (χ2n) is 6.68. The van der Waals surface area contributed by atoms with E-state index in [0.29, 0.717) is 13.1 Å². The van der Waals surface area contributed by atoms with Crippen molar-refractivity contribution in [1.29, 1.82) is 0 Å². The summed E-state index contributed by atoms with van der Waals surface area (Å²) in [6, 6.07) is 14.2. The number of nitrogens with zero attached hydrogens (tertiary/aromatic N) is 3. The molecular formula is C23H22N4O. The number of hydrogen-bond donors (Lipinski definition) is 1. The normalized spacial score (nSPS) is 11.5. The van der Waals surface area contributed by atoms with E-state index in [2.05, 4.69) is 27.1 Å². The second-order valence-corrected chi connectivity index (χ2v) is 6.68. The fourth-order valence-corrected chi connectivity index (χ4v) is 3.36. The summed E-state index contributed by atoms with van der Waals surface area (Å²) >= 11 is 0. The number of fused-ring (bicyclic) bond motifs is 3. The summed E-state index contributed by atoms with van der Waals surface area (Å²) in [6.45, 7) is 3.34. The average Bonchev–Trinajstić information content (AvgIpc) is 3.11. The molecular weight excluding hydrogens is 348 g/mol. The van der Waals surface area contributed by atoms with E-state index in [1.54, 1.807) is 24.5 Å². The minimum Gasteiger partial charge on any atom is -0.353 e. The van der Waals surface area contributed by atoms with Crippen molar-refractivity contribution in [3.8, 4) is 0 Å². The molecule has 1 aromatic carbocycles. The van der Waals surface area contributed by atoms with Gasteiger partial charge in [-0.2, -0.15) is 0 Å². The van der Waals surface area contributed by atoms with Crippen LogP contribution >= 0.6 is 0 Å². The van der Waals surface area contributed by atoms with Gasteiger partial charge in [0.15, 0.2) is 0 Å². The van der Waals surface area contributed by atoms with E-state index in [4.69, 9.17) is 0 Å². The van der Waals surface area contributed by atoms with E-state index in [1.165, 1.54) is 5.56 Å². The number of aromatic amines is 1. The summed E-state index contributed by atoms with van der Waals surface area (Å²) in [5.74, 6) is -0.00243. The van der Waals surface area contributed by atoms with Gasteiger partial charge in [0.2, 0.25) is 5.91 Å². The maximum atomic E-state index is 12.6. The van der Waals surface area contributed by atoms with Crippen molar-refractivity contribution < 1.29 is 4.79 Å². The summed E-state index contributed by atoms with van der Waals surface area (Å²) in [4.78, 5) is 26.3. The third kappa shape index (κ3) is 3.78. The molecule has 0 aliphatic rings. The van der Waals surface area contributed by atoms with Crippen LogP contribution in [-0.2, 0) is 11.2 Å². The highest BCUT2D eigenvalue weighted by molar-refractivity contribution is 6.07. The molecule has 0 aliphatic carbocycles. The van der Waals surface area contributed by atoms with Gasteiger partial charge in [-0.05, 0) is 49.2 Å². The number of rotatable bonds is 6. The van der Waals surface area contributed by atoms with Gasteiger partial charge in [-0.15, -0.1) is 0 Å². The Morgan fingerprint density at radius 1 is 1.11 bits per heavy atom. The van der Waals surface area contributed by atoms with Gasteiger partial charge in [-0.3, -0.25) is 14.8 Å². The van der Waals surface area contributed by atoms with Crippen molar-refractivity contribution in [2.45, 2.75) is 13.3 Å². The number of nitrogens with one attached hydrogen (secondary N) is 1. The third-order valence-corrected chi connectivity index (χ3v) is 4.92. The number of carbonyl (C=O) groups excluding carboxylic acids is 1. The molecule has 3 heterocycles. The molecule has 0 spiro atoms. The fraction of sp³-hybridized carbons (Fsp3) is 0.174. The van der Waals surface area contributed by atoms with E-state index in [1.807, 2.05) is 48.4 Å². The van der Waals surface area contributed by atoms with Crippen LogP contribution in [0.5, 0.6) is 0 Å². The van der Waals surface area contributed by atoms with Crippen LogP contribution in [-0.4, -0.2) is 38.8 Å². The number of H-pyrrole nitrogens is 1. The van der Waals surface area contributed by atoms with Gasteiger partial charge in [0.25, 0.3) is 0 Å². The zero-order valence-electron chi connectivity index (χ0n) is 15.8. The predicted molar refractivity (Wildman–Crippen MR) is 113 cm³/mol. The molecule has 0 saturated carbocycles. The van der Waals surface area contributed by atoms with Crippen LogP contribution in [0.4, 0.5) is 0 Å². The first-order valence-corrected chi connectivity index (χ1v) is 9.47. The monoisotopic (exact) mass is 370 g/mol. The van der Waals surface area contributed by atoms with Gasteiger partial charge in [0.05, 0.1) is 17.4 Å². The Kier molecular flexibility index (Phi) is 5.15. The Bertz CT molecular complexity index is 1130. The number of amides is 1.